The molecule has 0 spiro atoms. The van der Waals surface area contributed by atoms with Crippen LogP contribution in [0.25, 0.3) is 10.9 Å². The molecule has 2 fully saturated rings. The lowest BCUT2D eigenvalue weighted by Crippen LogP contribution is -2.29. The van der Waals surface area contributed by atoms with Crippen LogP contribution in [0.1, 0.15) is 44.6 Å². The number of rotatable bonds is 5. The summed E-state index contributed by atoms with van der Waals surface area (Å²) < 4.78 is 13.7. The van der Waals surface area contributed by atoms with E-state index < -0.39 is 0 Å². The van der Waals surface area contributed by atoms with Crippen molar-refractivity contribution < 1.29 is 9.18 Å². The first-order valence-corrected chi connectivity index (χ1v) is 9.78. The molecule has 2 aliphatic rings. The number of likely N-dealkylation sites (tertiary alicyclic amines) is 1. The second kappa shape index (κ2) is 7.07. The molecule has 1 saturated carbocycles. The lowest BCUT2D eigenvalue weighted by molar-refractivity contribution is -0.120. The van der Waals surface area contributed by atoms with E-state index in [4.69, 9.17) is 0 Å². The number of ketones is 1. The highest BCUT2D eigenvalue weighted by Crippen LogP contribution is 2.47. The van der Waals surface area contributed by atoms with E-state index in [-0.39, 0.29) is 5.82 Å². The van der Waals surface area contributed by atoms with Crippen molar-refractivity contribution in [1.82, 2.24) is 9.88 Å². The fourth-order valence-corrected chi connectivity index (χ4v) is 5.05. The fraction of sp³-hybridized carbons (Fsp3) is 0.545. The molecular weight excluding hydrogens is 327 g/mol. The minimum atomic E-state index is -0.195. The number of fused-ring (bicyclic) bond motifs is 2. The Morgan fingerprint density at radius 2 is 1.96 bits per heavy atom. The van der Waals surface area contributed by atoms with Crippen molar-refractivity contribution in [1.29, 1.82) is 0 Å². The molecular formula is C22H27FN2O. The van der Waals surface area contributed by atoms with E-state index in [1.54, 1.807) is 12.1 Å². The third-order valence-electron chi connectivity index (χ3n) is 6.04. The number of nitrogens with zero attached hydrogens (tertiary/aromatic N) is 2. The number of hydrogen-bond donors (Lipinski definition) is 0. The van der Waals surface area contributed by atoms with Crippen molar-refractivity contribution in [2.45, 2.75) is 39.0 Å². The van der Waals surface area contributed by atoms with Gasteiger partial charge in [0.15, 0.2) is 0 Å². The maximum atomic E-state index is 13.7. The van der Waals surface area contributed by atoms with Gasteiger partial charge in [-0.25, -0.2) is 4.39 Å². The summed E-state index contributed by atoms with van der Waals surface area (Å²) in [6.45, 7) is 6.87. The molecule has 1 aliphatic carbocycles. The van der Waals surface area contributed by atoms with Gasteiger partial charge in [0.1, 0.15) is 11.6 Å². The zero-order valence-electron chi connectivity index (χ0n) is 15.6. The smallest absolute Gasteiger partial charge is 0.147 e. The number of carbonyl (C=O) groups excluding carboxylic acids is 1. The Bertz CT molecular complexity index is 805. The Balaban J connectivity index is 1.44. The van der Waals surface area contributed by atoms with Crippen LogP contribution in [-0.2, 0) is 4.79 Å². The van der Waals surface area contributed by atoms with Crippen molar-refractivity contribution in [2.75, 3.05) is 19.6 Å². The molecule has 1 aromatic heterocycles. The number of hydrogen-bond acceptors (Lipinski definition) is 3. The van der Waals surface area contributed by atoms with Crippen LogP contribution in [0.4, 0.5) is 4.39 Å². The largest absolute Gasteiger partial charge is 0.298 e. The van der Waals surface area contributed by atoms with E-state index in [1.165, 1.54) is 11.6 Å². The zero-order chi connectivity index (χ0) is 18.3. The van der Waals surface area contributed by atoms with Crippen molar-refractivity contribution >= 4 is 16.7 Å². The summed E-state index contributed by atoms with van der Waals surface area (Å²) in [5, 5.41) is 0.960. The predicted octanol–water partition coefficient (Wildman–Crippen LogP) is 4.41. The minimum absolute atomic E-state index is 0.195. The first-order valence-electron chi connectivity index (χ1n) is 9.78. The highest BCUT2D eigenvalue weighted by Gasteiger charge is 2.41. The summed E-state index contributed by atoms with van der Waals surface area (Å²) in [4.78, 5) is 18.8. The van der Waals surface area contributed by atoms with Gasteiger partial charge in [-0.3, -0.25) is 14.7 Å². The van der Waals surface area contributed by atoms with Gasteiger partial charge < -0.3 is 0 Å². The third-order valence-corrected chi connectivity index (χ3v) is 6.04. The average Bonchev–Trinajstić information content (AvgIpc) is 3.11. The molecule has 1 unspecified atom stereocenters. The van der Waals surface area contributed by atoms with E-state index in [2.05, 4.69) is 29.8 Å². The molecule has 4 rings (SSSR count). The zero-order valence-corrected chi connectivity index (χ0v) is 15.6. The molecule has 1 aliphatic heterocycles. The quantitative estimate of drug-likeness (QED) is 0.797. The number of Topliss-reactive ketones (excluding diaryl/α,β-unsaturated/α-hetero) is 1. The first-order chi connectivity index (χ1) is 12.5. The summed E-state index contributed by atoms with van der Waals surface area (Å²) in [5.41, 5.74) is 2.12. The monoisotopic (exact) mass is 354 g/mol. The molecule has 0 N–H and O–H groups in total. The highest BCUT2D eigenvalue weighted by molar-refractivity contribution is 5.82. The van der Waals surface area contributed by atoms with Gasteiger partial charge in [0, 0.05) is 31.1 Å². The van der Waals surface area contributed by atoms with E-state index in [9.17, 15) is 9.18 Å². The molecule has 3 atom stereocenters. The molecule has 4 heteroatoms. The van der Waals surface area contributed by atoms with Crippen LogP contribution in [0.15, 0.2) is 30.5 Å². The van der Waals surface area contributed by atoms with Crippen molar-refractivity contribution in [2.24, 2.45) is 17.8 Å². The standard InChI is InChI=1S/C22H27FN2O/c1-14(2)7-19(26)13-25-11-16-8-15(9-17(16)12-25)20-5-6-24-22-4-3-18(23)10-21(20)22/h3-6,10,14-17H,7-9,11-13H2,1-2H3/t15?,16-,17+. The molecule has 3 nitrogen and oxygen atoms in total. The molecule has 1 aromatic carbocycles. The number of pyridine rings is 1. The third kappa shape index (κ3) is 3.52. The van der Waals surface area contributed by atoms with Crippen LogP contribution in [0, 0.1) is 23.6 Å². The lowest BCUT2D eigenvalue weighted by atomic mass is 9.93. The van der Waals surface area contributed by atoms with Crippen LogP contribution >= 0.6 is 0 Å². The normalized spacial score (nSPS) is 25.9. The van der Waals surface area contributed by atoms with Gasteiger partial charge in [0.25, 0.3) is 0 Å². The van der Waals surface area contributed by atoms with Crippen molar-refractivity contribution in [3.8, 4) is 0 Å². The average molecular weight is 354 g/mol. The maximum absolute atomic E-state index is 13.7. The molecule has 0 amide bonds. The molecule has 0 bridgehead atoms. The molecule has 2 aromatic rings. The summed E-state index contributed by atoms with van der Waals surface area (Å²) >= 11 is 0. The van der Waals surface area contributed by atoms with Gasteiger partial charge in [-0.2, -0.15) is 0 Å². The Morgan fingerprint density at radius 1 is 1.23 bits per heavy atom. The molecule has 1 saturated heterocycles. The van der Waals surface area contributed by atoms with Crippen LogP contribution in [0.5, 0.6) is 0 Å². The van der Waals surface area contributed by atoms with Gasteiger partial charge in [0.05, 0.1) is 12.1 Å². The van der Waals surface area contributed by atoms with Gasteiger partial charge in [0.2, 0.25) is 0 Å². The van der Waals surface area contributed by atoms with Crippen molar-refractivity contribution in [3.05, 3.63) is 41.8 Å². The predicted molar refractivity (Wildman–Crippen MR) is 102 cm³/mol. The fourth-order valence-electron chi connectivity index (χ4n) is 5.05. The van der Waals surface area contributed by atoms with Gasteiger partial charge >= 0.3 is 0 Å². The van der Waals surface area contributed by atoms with Gasteiger partial charge in [-0.1, -0.05) is 13.8 Å². The number of aromatic nitrogens is 1. The Morgan fingerprint density at radius 3 is 2.65 bits per heavy atom. The maximum Gasteiger partial charge on any atom is 0.147 e. The van der Waals surface area contributed by atoms with E-state index in [0.29, 0.717) is 42.4 Å². The van der Waals surface area contributed by atoms with Gasteiger partial charge in [-0.15, -0.1) is 0 Å². The van der Waals surface area contributed by atoms with E-state index >= 15 is 0 Å². The minimum Gasteiger partial charge on any atom is -0.298 e. The Kier molecular flexibility index (Phi) is 4.78. The van der Waals surface area contributed by atoms with E-state index in [0.717, 1.165) is 36.8 Å². The summed E-state index contributed by atoms with van der Waals surface area (Å²) in [6, 6.07) is 6.95. The van der Waals surface area contributed by atoms with Crippen LogP contribution in [0.3, 0.4) is 0 Å². The summed E-state index contributed by atoms with van der Waals surface area (Å²) in [7, 11) is 0. The number of halogens is 1. The Hall–Kier alpha value is -1.81. The van der Waals surface area contributed by atoms with Crippen LogP contribution in [-0.4, -0.2) is 35.3 Å². The first kappa shape index (κ1) is 17.6. The summed E-state index contributed by atoms with van der Waals surface area (Å²) in [5.74, 6) is 2.40. The second-order valence-electron chi connectivity index (χ2n) is 8.58. The number of benzene rings is 1. The SMILES string of the molecule is CC(C)CC(=O)CN1C[C@H]2CC(c3ccnc4ccc(F)cc34)C[C@H]2C1. The molecule has 138 valence electrons. The van der Waals surface area contributed by atoms with Crippen LogP contribution in [0.2, 0.25) is 0 Å². The van der Waals surface area contributed by atoms with Gasteiger partial charge in [-0.05, 0) is 66.3 Å². The number of carbonyl (C=O) groups is 1. The molecule has 26 heavy (non-hydrogen) atoms. The van der Waals surface area contributed by atoms with E-state index in [1.807, 2.05) is 6.20 Å². The highest BCUT2D eigenvalue weighted by atomic mass is 19.1. The Labute approximate surface area is 154 Å². The topological polar surface area (TPSA) is 33.2 Å². The molecule has 2 heterocycles. The molecule has 0 radical (unpaired) electrons. The lowest BCUT2D eigenvalue weighted by Gasteiger charge is -2.19. The second-order valence-corrected chi connectivity index (χ2v) is 8.58. The van der Waals surface area contributed by atoms with Crippen LogP contribution < -0.4 is 0 Å². The summed E-state index contributed by atoms with van der Waals surface area (Å²) in [6.07, 6.45) is 4.80. The van der Waals surface area contributed by atoms with Crippen molar-refractivity contribution in [3.63, 3.8) is 0 Å².